The average Bonchev–Trinajstić information content (AvgIpc) is 2.46. The van der Waals surface area contributed by atoms with Gasteiger partial charge >= 0.3 is 6.16 Å². The van der Waals surface area contributed by atoms with E-state index in [0.29, 0.717) is 5.92 Å². The Morgan fingerprint density at radius 1 is 1.53 bits per heavy atom. The van der Waals surface area contributed by atoms with Gasteiger partial charge in [-0.2, -0.15) is 0 Å². The molecular formula is C11H17NO3. The SMILES string of the molecule is CC12CCC(C/C1=N\OC(=O)O)C2(C)C. The second-order valence-electron chi connectivity index (χ2n) is 5.39. The van der Waals surface area contributed by atoms with Crippen LogP contribution >= 0.6 is 0 Å². The first-order chi connectivity index (χ1) is 6.88. The summed E-state index contributed by atoms with van der Waals surface area (Å²) in [6, 6.07) is 0. The van der Waals surface area contributed by atoms with E-state index in [9.17, 15) is 4.79 Å². The summed E-state index contributed by atoms with van der Waals surface area (Å²) >= 11 is 0. The van der Waals surface area contributed by atoms with Gasteiger partial charge in [-0.1, -0.05) is 25.9 Å². The van der Waals surface area contributed by atoms with Gasteiger partial charge in [-0.15, -0.1) is 0 Å². The first kappa shape index (κ1) is 10.5. The smallest absolute Gasteiger partial charge is 0.448 e. The molecule has 2 aliphatic carbocycles. The molecule has 4 nitrogen and oxygen atoms in total. The van der Waals surface area contributed by atoms with Gasteiger partial charge in [-0.3, -0.25) is 4.84 Å². The lowest BCUT2D eigenvalue weighted by atomic mass is 9.70. The molecule has 0 amide bonds. The van der Waals surface area contributed by atoms with Gasteiger partial charge in [0.2, 0.25) is 0 Å². The van der Waals surface area contributed by atoms with Gasteiger partial charge in [-0.05, 0) is 30.6 Å². The number of rotatable bonds is 1. The van der Waals surface area contributed by atoms with Crippen molar-refractivity contribution in [3.8, 4) is 0 Å². The Bertz CT molecular complexity index is 335. The first-order valence-corrected chi connectivity index (χ1v) is 5.35. The Kier molecular flexibility index (Phi) is 2.07. The Hall–Kier alpha value is -1.06. The van der Waals surface area contributed by atoms with Crippen LogP contribution in [0.5, 0.6) is 0 Å². The zero-order chi connectivity index (χ0) is 11.3. The average molecular weight is 211 g/mol. The van der Waals surface area contributed by atoms with Crippen LogP contribution in [0.25, 0.3) is 0 Å². The Labute approximate surface area is 89.3 Å². The van der Waals surface area contributed by atoms with Crippen LogP contribution in [-0.2, 0) is 4.84 Å². The molecule has 2 saturated carbocycles. The second kappa shape index (κ2) is 2.97. The summed E-state index contributed by atoms with van der Waals surface area (Å²) in [6.07, 6.45) is 1.87. The molecule has 0 aliphatic heterocycles. The lowest BCUT2D eigenvalue weighted by molar-refractivity contribution is 0.0926. The highest BCUT2D eigenvalue weighted by molar-refractivity contribution is 5.94. The third-order valence-corrected chi connectivity index (χ3v) is 4.75. The Morgan fingerprint density at radius 2 is 2.20 bits per heavy atom. The highest BCUT2D eigenvalue weighted by atomic mass is 16.7. The van der Waals surface area contributed by atoms with Crippen LogP contribution in [0.2, 0.25) is 0 Å². The minimum absolute atomic E-state index is 0.0209. The van der Waals surface area contributed by atoms with E-state index in [1.807, 2.05) is 0 Å². The summed E-state index contributed by atoms with van der Waals surface area (Å²) in [7, 11) is 0. The largest absolute Gasteiger partial charge is 0.532 e. The van der Waals surface area contributed by atoms with Gasteiger partial charge < -0.3 is 5.11 Å². The lowest BCUT2D eigenvalue weighted by Crippen LogP contribution is -2.32. The summed E-state index contributed by atoms with van der Waals surface area (Å²) in [4.78, 5) is 14.6. The number of fused-ring (bicyclic) bond motifs is 2. The zero-order valence-corrected chi connectivity index (χ0v) is 9.41. The Balaban J connectivity index is 2.26. The molecule has 0 aromatic carbocycles. The highest BCUT2D eigenvalue weighted by Gasteiger charge is 2.60. The molecule has 0 saturated heterocycles. The normalized spacial score (nSPS) is 39.7. The van der Waals surface area contributed by atoms with Crippen molar-refractivity contribution in [2.24, 2.45) is 21.9 Å². The molecule has 84 valence electrons. The molecule has 0 spiro atoms. The van der Waals surface area contributed by atoms with Crippen LogP contribution in [-0.4, -0.2) is 17.0 Å². The van der Waals surface area contributed by atoms with Crippen LogP contribution in [0.3, 0.4) is 0 Å². The Morgan fingerprint density at radius 3 is 2.60 bits per heavy atom. The fourth-order valence-electron chi connectivity index (χ4n) is 3.16. The summed E-state index contributed by atoms with van der Waals surface area (Å²) in [5, 5.41) is 12.2. The molecule has 0 aromatic heterocycles. The summed E-state index contributed by atoms with van der Waals surface area (Å²) in [6.45, 7) is 6.66. The topological polar surface area (TPSA) is 58.9 Å². The maximum atomic E-state index is 10.3. The van der Waals surface area contributed by atoms with Gasteiger partial charge in [0.05, 0.1) is 5.71 Å². The van der Waals surface area contributed by atoms with Crippen LogP contribution < -0.4 is 0 Å². The van der Waals surface area contributed by atoms with E-state index in [1.165, 1.54) is 6.42 Å². The molecule has 2 unspecified atom stereocenters. The zero-order valence-electron chi connectivity index (χ0n) is 9.41. The van der Waals surface area contributed by atoms with Gasteiger partial charge in [0, 0.05) is 5.41 Å². The predicted molar refractivity (Wildman–Crippen MR) is 55.8 cm³/mol. The lowest BCUT2D eigenvalue weighted by Gasteiger charge is -2.34. The molecular weight excluding hydrogens is 194 g/mol. The molecule has 0 radical (unpaired) electrons. The molecule has 1 N–H and O–H groups in total. The summed E-state index contributed by atoms with van der Waals surface area (Å²) < 4.78 is 0. The number of carboxylic acid groups (broad SMARTS) is 1. The fourth-order valence-corrected chi connectivity index (χ4v) is 3.16. The van der Waals surface area contributed by atoms with Crippen molar-refractivity contribution in [2.75, 3.05) is 0 Å². The second-order valence-corrected chi connectivity index (χ2v) is 5.39. The van der Waals surface area contributed by atoms with E-state index in [1.54, 1.807) is 0 Å². The fraction of sp³-hybridized carbons (Fsp3) is 0.818. The third kappa shape index (κ3) is 1.27. The van der Waals surface area contributed by atoms with E-state index in [4.69, 9.17) is 5.11 Å². The van der Waals surface area contributed by atoms with E-state index in [-0.39, 0.29) is 10.8 Å². The van der Waals surface area contributed by atoms with Crippen molar-refractivity contribution in [1.82, 2.24) is 0 Å². The van der Waals surface area contributed by atoms with Crippen LogP contribution in [0.4, 0.5) is 4.79 Å². The van der Waals surface area contributed by atoms with Crippen molar-refractivity contribution in [3.63, 3.8) is 0 Å². The van der Waals surface area contributed by atoms with Crippen molar-refractivity contribution in [1.29, 1.82) is 0 Å². The van der Waals surface area contributed by atoms with E-state index in [2.05, 4.69) is 30.8 Å². The van der Waals surface area contributed by atoms with Crippen molar-refractivity contribution >= 4 is 11.9 Å². The summed E-state index contributed by atoms with van der Waals surface area (Å²) in [5.41, 5.74) is 1.16. The molecule has 2 aliphatic rings. The number of carbonyl (C=O) groups is 1. The number of hydrogen-bond acceptors (Lipinski definition) is 3. The van der Waals surface area contributed by atoms with Crippen molar-refractivity contribution in [2.45, 2.75) is 40.0 Å². The maximum absolute atomic E-state index is 10.3. The molecule has 2 fully saturated rings. The van der Waals surface area contributed by atoms with Gasteiger partial charge in [0.15, 0.2) is 0 Å². The third-order valence-electron chi connectivity index (χ3n) is 4.75. The number of oxime groups is 1. The monoisotopic (exact) mass is 211 g/mol. The van der Waals surface area contributed by atoms with E-state index in [0.717, 1.165) is 18.6 Å². The van der Waals surface area contributed by atoms with Crippen LogP contribution in [0.15, 0.2) is 5.16 Å². The molecule has 2 rings (SSSR count). The van der Waals surface area contributed by atoms with Crippen LogP contribution in [0.1, 0.15) is 40.0 Å². The number of nitrogens with zero attached hydrogens (tertiary/aromatic N) is 1. The minimum atomic E-state index is -1.33. The molecule has 2 atom stereocenters. The maximum Gasteiger partial charge on any atom is 0.532 e. The molecule has 0 heterocycles. The van der Waals surface area contributed by atoms with Gasteiger partial charge in [-0.25, -0.2) is 4.79 Å². The van der Waals surface area contributed by atoms with Crippen LogP contribution in [0, 0.1) is 16.7 Å². The summed E-state index contributed by atoms with van der Waals surface area (Å²) in [5.74, 6) is 0.624. The van der Waals surface area contributed by atoms with Gasteiger partial charge in [0.25, 0.3) is 0 Å². The molecule has 4 heteroatoms. The van der Waals surface area contributed by atoms with E-state index < -0.39 is 6.16 Å². The quantitative estimate of drug-likeness (QED) is 0.536. The first-order valence-electron chi connectivity index (χ1n) is 5.35. The molecule has 0 aromatic rings. The molecule has 2 bridgehead atoms. The van der Waals surface area contributed by atoms with Crippen molar-refractivity contribution in [3.05, 3.63) is 0 Å². The standard InChI is InChI=1S/C11H17NO3/c1-10(2)7-4-5-11(10,3)8(6-7)12-15-9(13)14/h7H,4-6H2,1-3H3,(H,13,14)/b12-8+. The van der Waals surface area contributed by atoms with E-state index >= 15 is 0 Å². The molecule has 15 heavy (non-hydrogen) atoms. The van der Waals surface area contributed by atoms with Gasteiger partial charge in [0.1, 0.15) is 0 Å². The highest BCUT2D eigenvalue weighted by Crippen LogP contribution is 2.63. The minimum Gasteiger partial charge on any atom is -0.448 e. The predicted octanol–water partition coefficient (Wildman–Crippen LogP) is 2.88. The number of hydrogen-bond donors (Lipinski definition) is 1. The van der Waals surface area contributed by atoms with Crippen molar-refractivity contribution < 1.29 is 14.7 Å².